The summed E-state index contributed by atoms with van der Waals surface area (Å²) in [5.41, 5.74) is -3.81. The van der Waals surface area contributed by atoms with Gasteiger partial charge in [0.15, 0.2) is 5.17 Å². The molecule has 2 rings (SSSR count). The van der Waals surface area contributed by atoms with Gasteiger partial charge in [-0.1, -0.05) is 23.9 Å². The number of halogens is 3. The van der Waals surface area contributed by atoms with Crippen LogP contribution in [0.5, 0.6) is 0 Å². The number of benzene rings is 1. The number of nitrogens with zero attached hydrogens (tertiary/aromatic N) is 2. The molecular formula is C13H10F3N3O3S2. The predicted octanol–water partition coefficient (Wildman–Crippen LogP) is 2.69. The first kappa shape index (κ1) is 18.3. The average molecular weight is 377 g/mol. The monoisotopic (exact) mass is 377 g/mol. The lowest BCUT2D eigenvalue weighted by Crippen LogP contribution is -2.26. The van der Waals surface area contributed by atoms with Gasteiger partial charge >= 0.3 is 11.5 Å². The minimum atomic E-state index is -4.34. The minimum absolute atomic E-state index is 0.0566. The van der Waals surface area contributed by atoms with Gasteiger partial charge in [0, 0.05) is 4.90 Å². The zero-order valence-electron chi connectivity index (χ0n) is 11.8. The van der Waals surface area contributed by atoms with E-state index in [4.69, 9.17) is 5.11 Å². The van der Waals surface area contributed by atoms with E-state index in [9.17, 15) is 22.8 Å². The number of amides is 1. The van der Waals surface area contributed by atoms with E-state index in [1.807, 2.05) is 0 Å². The van der Waals surface area contributed by atoms with Crippen LogP contribution < -0.4 is 5.32 Å². The Hall–Kier alpha value is -2.01. The van der Waals surface area contributed by atoms with E-state index >= 15 is 0 Å². The van der Waals surface area contributed by atoms with Crippen molar-refractivity contribution in [2.45, 2.75) is 22.1 Å². The van der Waals surface area contributed by atoms with Crippen molar-refractivity contribution in [3.63, 3.8) is 0 Å². The molecule has 1 saturated heterocycles. The van der Waals surface area contributed by atoms with Gasteiger partial charge in [0.25, 0.3) is 0 Å². The summed E-state index contributed by atoms with van der Waals surface area (Å²) in [5, 5.41) is 18.0. The topological polar surface area (TPSA) is 91.1 Å². The Kier molecular flexibility index (Phi) is 5.89. The van der Waals surface area contributed by atoms with Crippen LogP contribution in [0.25, 0.3) is 0 Å². The van der Waals surface area contributed by atoms with Crippen LogP contribution in [-0.4, -0.2) is 39.1 Å². The van der Waals surface area contributed by atoms with Gasteiger partial charge in [0.05, 0.1) is 12.6 Å². The van der Waals surface area contributed by atoms with Crippen molar-refractivity contribution in [1.29, 1.82) is 0 Å². The molecule has 6 nitrogen and oxygen atoms in total. The Labute approximate surface area is 142 Å². The second-order valence-corrected chi connectivity index (χ2v) is 6.79. The third-order valence-electron chi connectivity index (χ3n) is 2.61. The number of aliphatic carboxylic acids is 1. The highest BCUT2D eigenvalue weighted by molar-refractivity contribution is 8.15. The third-order valence-corrected chi connectivity index (χ3v) is 4.42. The summed E-state index contributed by atoms with van der Waals surface area (Å²) in [5.74, 6) is -1.55. The molecule has 24 heavy (non-hydrogen) atoms. The molecule has 1 unspecified atom stereocenters. The van der Waals surface area contributed by atoms with E-state index in [2.05, 4.69) is 15.5 Å². The molecule has 0 aliphatic carbocycles. The number of amidine groups is 1. The predicted molar refractivity (Wildman–Crippen MR) is 85.2 cm³/mol. The SMILES string of the molecule is O=C(O)CC1SC(=NN=Cc2ccc(SC(F)(F)F)cc2)NC1=O. The van der Waals surface area contributed by atoms with Crippen molar-refractivity contribution in [1.82, 2.24) is 5.32 Å². The molecule has 1 aliphatic rings. The Balaban J connectivity index is 1.94. The molecule has 0 spiro atoms. The molecule has 1 atom stereocenters. The fraction of sp³-hybridized carbons (Fsp3) is 0.231. The van der Waals surface area contributed by atoms with Crippen LogP contribution >= 0.6 is 23.5 Å². The summed E-state index contributed by atoms with van der Waals surface area (Å²) >= 11 is 0.746. The minimum Gasteiger partial charge on any atom is -0.481 e. The summed E-state index contributed by atoms with van der Waals surface area (Å²) in [6.45, 7) is 0. The highest BCUT2D eigenvalue weighted by Crippen LogP contribution is 2.36. The van der Waals surface area contributed by atoms with Crippen LogP contribution in [0.2, 0.25) is 0 Å². The Bertz CT molecular complexity index is 690. The smallest absolute Gasteiger partial charge is 0.446 e. The first-order valence-electron chi connectivity index (χ1n) is 6.39. The molecule has 128 valence electrons. The number of carbonyl (C=O) groups is 2. The molecule has 1 aromatic carbocycles. The fourth-order valence-corrected chi connectivity index (χ4v) is 3.10. The zero-order chi connectivity index (χ0) is 17.7. The van der Waals surface area contributed by atoms with Gasteiger partial charge in [-0.25, -0.2) is 0 Å². The highest BCUT2D eigenvalue weighted by Gasteiger charge is 2.32. The zero-order valence-corrected chi connectivity index (χ0v) is 13.4. The van der Waals surface area contributed by atoms with Crippen molar-refractivity contribution in [2.24, 2.45) is 10.2 Å². The van der Waals surface area contributed by atoms with Gasteiger partial charge in [-0.05, 0) is 29.5 Å². The summed E-state index contributed by atoms with van der Waals surface area (Å²) in [7, 11) is 0. The van der Waals surface area contributed by atoms with Gasteiger partial charge in [0.2, 0.25) is 5.91 Å². The number of rotatable bonds is 5. The van der Waals surface area contributed by atoms with Crippen molar-refractivity contribution in [3.05, 3.63) is 29.8 Å². The van der Waals surface area contributed by atoms with Crippen LogP contribution in [0, 0.1) is 0 Å². The molecule has 0 saturated carbocycles. The molecule has 1 amide bonds. The molecule has 0 radical (unpaired) electrons. The van der Waals surface area contributed by atoms with E-state index < -0.39 is 22.6 Å². The quantitative estimate of drug-likeness (QED) is 0.468. The second kappa shape index (κ2) is 7.71. The van der Waals surface area contributed by atoms with Crippen LogP contribution in [0.1, 0.15) is 12.0 Å². The normalized spacial score (nSPS) is 19.9. The number of nitrogens with one attached hydrogen (secondary N) is 1. The summed E-state index contributed by atoms with van der Waals surface area (Å²) < 4.78 is 36.6. The third kappa shape index (κ3) is 5.89. The van der Waals surface area contributed by atoms with Crippen molar-refractivity contribution in [3.8, 4) is 0 Å². The summed E-state index contributed by atoms with van der Waals surface area (Å²) in [6.07, 6.45) is 0.990. The van der Waals surface area contributed by atoms with Gasteiger partial charge in [-0.15, -0.1) is 5.10 Å². The maximum Gasteiger partial charge on any atom is 0.446 e. The van der Waals surface area contributed by atoms with Crippen molar-refractivity contribution >= 4 is 46.8 Å². The maximum absolute atomic E-state index is 12.2. The van der Waals surface area contributed by atoms with Gasteiger partial charge in [-0.3, -0.25) is 9.59 Å². The highest BCUT2D eigenvalue weighted by atomic mass is 32.2. The van der Waals surface area contributed by atoms with Crippen molar-refractivity contribution in [2.75, 3.05) is 0 Å². The first-order chi connectivity index (χ1) is 11.2. The number of carbonyl (C=O) groups excluding carboxylic acids is 1. The molecule has 1 aromatic rings. The number of thioether (sulfide) groups is 2. The van der Waals surface area contributed by atoms with Gasteiger partial charge < -0.3 is 10.4 Å². The lowest BCUT2D eigenvalue weighted by atomic mass is 10.2. The van der Waals surface area contributed by atoms with E-state index in [1.54, 1.807) is 0 Å². The molecular weight excluding hydrogens is 367 g/mol. The van der Waals surface area contributed by atoms with Crippen LogP contribution in [0.4, 0.5) is 13.2 Å². The van der Waals surface area contributed by atoms with E-state index in [1.165, 1.54) is 30.5 Å². The van der Waals surface area contributed by atoms with Crippen LogP contribution in [0.3, 0.4) is 0 Å². The number of carboxylic acids is 1. The number of carboxylic acid groups (broad SMARTS) is 1. The van der Waals surface area contributed by atoms with Crippen LogP contribution in [-0.2, 0) is 9.59 Å². The number of alkyl halides is 3. The summed E-state index contributed by atoms with van der Waals surface area (Å²) in [6, 6.07) is 5.51. The molecule has 1 aliphatic heterocycles. The van der Waals surface area contributed by atoms with Crippen LogP contribution in [0.15, 0.2) is 39.4 Å². The summed E-state index contributed by atoms with van der Waals surface area (Å²) in [4.78, 5) is 22.1. The average Bonchev–Trinajstić information content (AvgIpc) is 2.79. The maximum atomic E-state index is 12.2. The van der Waals surface area contributed by atoms with Gasteiger partial charge in [0.1, 0.15) is 5.25 Å². The second-order valence-electron chi connectivity index (χ2n) is 4.46. The first-order valence-corrected chi connectivity index (χ1v) is 8.09. The molecule has 2 N–H and O–H groups in total. The standard InChI is InChI=1S/C13H10F3N3O3S2/c14-13(15,16)24-8-3-1-7(2-4-8)6-17-19-12-18-11(22)9(23-12)5-10(20)21/h1-4,6,9H,5H2,(H,20,21)(H,18,19,22). The number of hydrogen-bond donors (Lipinski definition) is 2. The lowest BCUT2D eigenvalue weighted by Gasteiger charge is -2.04. The Morgan fingerprint density at radius 1 is 1.38 bits per heavy atom. The van der Waals surface area contributed by atoms with E-state index in [0.717, 1.165) is 11.8 Å². The fourth-order valence-electron chi connectivity index (χ4n) is 1.65. The molecule has 0 bridgehead atoms. The molecule has 0 aromatic heterocycles. The Morgan fingerprint density at radius 2 is 2.04 bits per heavy atom. The van der Waals surface area contributed by atoms with Gasteiger partial charge in [-0.2, -0.15) is 18.3 Å². The largest absolute Gasteiger partial charge is 0.481 e. The Morgan fingerprint density at radius 3 is 2.62 bits per heavy atom. The number of hydrogen-bond acceptors (Lipinski definition) is 6. The van der Waals surface area contributed by atoms with E-state index in [-0.39, 0.29) is 28.2 Å². The molecule has 1 heterocycles. The van der Waals surface area contributed by atoms with E-state index in [0.29, 0.717) is 5.56 Å². The molecule has 11 heteroatoms. The lowest BCUT2D eigenvalue weighted by molar-refractivity contribution is -0.138. The van der Waals surface area contributed by atoms with Crippen molar-refractivity contribution < 1.29 is 27.9 Å². The molecule has 1 fully saturated rings.